The van der Waals surface area contributed by atoms with Crippen molar-refractivity contribution in [1.82, 2.24) is 20.3 Å². The molecule has 1 aromatic carbocycles. The van der Waals surface area contributed by atoms with Crippen molar-refractivity contribution < 1.29 is 39.0 Å². The molecule has 1 atom stereocenters. The molecule has 39 heavy (non-hydrogen) atoms. The number of aliphatic hydroxyl groups is 1. The number of nitrogens with one attached hydrogen (secondary N) is 1. The molecule has 1 aliphatic rings. The second kappa shape index (κ2) is 14.8. The Hall–Kier alpha value is -4.03. The summed E-state index contributed by atoms with van der Waals surface area (Å²) in [6, 6.07) is 11.7. The third kappa shape index (κ3) is 9.04. The van der Waals surface area contributed by atoms with Crippen LogP contribution in [0.2, 0.25) is 0 Å². The molecule has 12 nitrogen and oxygen atoms in total. The fourth-order valence-corrected chi connectivity index (χ4v) is 4.11. The van der Waals surface area contributed by atoms with Gasteiger partial charge in [-0.1, -0.05) is 30.3 Å². The van der Waals surface area contributed by atoms with E-state index in [9.17, 15) is 29.4 Å². The lowest BCUT2D eigenvalue weighted by Gasteiger charge is -2.35. The predicted molar refractivity (Wildman–Crippen MR) is 139 cm³/mol. The zero-order chi connectivity index (χ0) is 28.2. The molecular formula is C27H34N4O8. The van der Waals surface area contributed by atoms with E-state index >= 15 is 0 Å². The van der Waals surface area contributed by atoms with Crippen molar-refractivity contribution >= 4 is 23.9 Å². The summed E-state index contributed by atoms with van der Waals surface area (Å²) in [4.78, 5) is 60.5. The number of aromatic nitrogens is 1. The Morgan fingerprint density at radius 2 is 1.79 bits per heavy atom. The molecule has 2 aromatic rings. The number of aryl methyl sites for hydroxylation is 1. The van der Waals surface area contributed by atoms with E-state index in [1.165, 1.54) is 9.96 Å². The predicted octanol–water partition coefficient (Wildman–Crippen LogP) is 1.87. The number of ether oxygens (including phenoxy) is 1. The van der Waals surface area contributed by atoms with Crippen LogP contribution in [0.15, 0.2) is 42.5 Å². The lowest BCUT2D eigenvalue weighted by molar-refractivity contribution is -0.157. The molecule has 2 amide bonds. The first-order valence-corrected chi connectivity index (χ1v) is 12.9. The minimum atomic E-state index is -1.09. The van der Waals surface area contributed by atoms with Crippen molar-refractivity contribution in [1.29, 1.82) is 0 Å². The summed E-state index contributed by atoms with van der Waals surface area (Å²) in [6.45, 7) is 2.73. The minimum absolute atomic E-state index is 0.00558. The Kier molecular flexibility index (Phi) is 11.2. The number of hydrogen-bond donors (Lipinski definition) is 3. The van der Waals surface area contributed by atoms with Crippen LogP contribution in [0, 0.1) is 0 Å². The van der Waals surface area contributed by atoms with Crippen LogP contribution in [0.25, 0.3) is 11.3 Å². The summed E-state index contributed by atoms with van der Waals surface area (Å²) in [5.74, 6) is -2.13. The van der Waals surface area contributed by atoms with E-state index in [1.54, 1.807) is 13.0 Å². The second-order valence-corrected chi connectivity index (χ2v) is 8.93. The summed E-state index contributed by atoms with van der Waals surface area (Å²) < 4.78 is 4.76. The van der Waals surface area contributed by atoms with Gasteiger partial charge in [0.1, 0.15) is 11.7 Å². The van der Waals surface area contributed by atoms with Gasteiger partial charge in [0, 0.05) is 31.7 Å². The fraction of sp³-hybridized carbons (Fsp3) is 0.444. The smallest absolute Gasteiger partial charge is 0.481 e. The lowest BCUT2D eigenvalue weighted by atomic mass is 10.0. The monoisotopic (exact) mass is 542 g/mol. The molecule has 1 fully saturated rings. The first kappa shape index (κ1) is 29.5. The molecule has 0 bridgehead atoms. The van der Waals surface area contributed by atoms with Gasteiger partial charge in [-0.05, 0) is 43.9 Å². The first-order valence-electron chi connectivity index (χ1n) is 12.9. The first-order chi connectivity index (χ1) is 18.8. The molecule has 0 unspecified atom stereocenters. The fourth-order valence-electron chi connectivity index (χ4n) is 4.11. The molecule has 12 heteroatoms. The number of benzene rings is 1. The van der Waals surface area contributed by atoms with Gasteiger partial charge in [-0.3, -0.25) is 14.4 Å². The highest BCUT2D eigenvalue weighted by atomic mass is 16.8. The molecule has 0 radical (unpaired) electrons. The maximum Gasteiger partial charge on any atom is 0.527 e. The maximum atomic E-state index is 13.3. The second-order valence-electron chi connectivity index (χ2n) is 8.93. The highest BCUT2D eigenvalue weighted by Gasteiger charge is 2.31. The molecule has 210 valence electrons. The zero-order valence-corrected chi connectivity index (χ0v) is 21.9. The van der Waals surface area contributed by atoms with Gasteiger partial charge < -0.3 is 30.0 Å². The average Bonchev–Trinajstić information content (AvgIpc) is 2.94. The summed E-state index contributed by atoms with van der Waals surface area (Å²) in [5.41, 5.74) is 2.26. The minimum Gasteiger partial charge on any atom is -0.481 e. The molecule has 0 saturated carbocycles. The Labute approximate surface area is 226 Å². The number of piperazine rings is 1. The molecule has 1 aromatic heterocycles. The number of carbonyl (C=O) groups is 4. The molecule has 0 spiro atoms. The highest BCUT2D eigenvalue weighted by Crippen LogP contribution is 2.20. The Bertz CT molecular complexity index is 1140. The topological polar surface area (TPSA) is 159 Å². The Morgan fingerprint density at radius 3 is 2.44 bits per heavy atom. The Balaban J connectivity index is 1.75. The third-order valence-corrected chi connectivity index (χ3v) is 6.08. The van der Waals surface area contributed by atoms with Crippen LogP contribution < -0.4 is 5.32 Å². The number of hydroxylamine groups is 2. The van der Waals surface area contributed by atoms with E-state index < -0.39 is 30.0 Å². The standard InChI is InChI=1S/C27H34N4O8/c1-2-38-27(37)39-31-14-12-30(13-15-31)26(36)21(10-11-24(33)34)29-25(35)23-18-19(7-6-16-32)17-22(28-23)20-8-4-3-5-9-20/h3-5,8-9,17-18,21,32H,2,6-7,10-16H2,1H3,(H,29,35)(H,33,34)/t21-/m0/s1. The van der Waals surface area contributed by atoms with E-state index in [0.717, 1.165) is 11.1 Å². The van der Waals surface area contributed by atoms with Crippen LogP contribution in [0.4, 0.5) is 4.79 Å². The number of carboxylic acids is 1. The van der Waals surface area contributed by atoms with Crippen LogP contribution >= 0.6 is 0 Å². The number of pyridine rings is 1. The van der Waals surface area contributed by atoms with Gasteiger partial charge in [0.2, 0.25) is 5.91 Å². The van der Waals surface area contributed by atoms with Crippen LogP contribution in [0.1, 0.15) is 42.2 Å². The van der Waals surface area contributed by atoms with Gasteiger partial charge in [-0.2, -0.15) is 0 Å². The number of rotatable bonds is 12. The van der Waals surface area contributed by atoms with Crippen LogP contribution in [-0.2, 0) is 25.6 Å². The SMILES string of the molecule is CCOC(=O)ON1CCN(C(=O)[C@H](CCC(=O)O)NC(=O)c2cc(CCCO)cc(-c3ccccc3)n2)CC1. The molecule has 3 N–H and O–H groups in total. The van der Waals surface area contributed by atoms with Crippen molar-refractivity contribution in [3.05, 3.63) is 53.7 Å². The number of carboxylic acid groups (broad SMARTS) is 1. The van der Waals surface area contributed by atoms with Crippen LogP contribution in [-0.4, -0.2) is 94.5 Å². The highest BCUT2D eigenvalue weighted by molar-refractivity contribution is 5.97. The van der Waals surface area contributed by atoms with Gasteiger partial charge in [-0.25, -0.2) is 9.78 Å². The third-order valence-electron chi connectivity index (χ3n) is 6.08. The number of amides is 2. The van der Waals surface area contributed by atoms with E-state index in [1.807, 2.05) is 36.4 Å². The number of nitrogens with zero attached hydrogens (tertiary/aromatic N) is 3. The number of carbonyl (C=O) groups excluding carboxylic acids is 3. The van der Waals surface area contributed by atoms with E-state index in [4.69, 9.17) is 9.57 Å². The van der Waals surface area contributed by atoms with Gasteiger partial charge in [0.15, 0.2) is 0 Å². The Morgan fingerprint density at radius 1 is 1.08 bits per heavy atom. The van der Waals surface area contributed by atoms with Gasteiger partial charge in [0.05, 0.1) is 25.4 Å². The molecule has 1 saturated heterocycles. The van der Waals surface area contributed by atoms with E-state index in [-0.39, 0.29) is 57.9 Å². The molecule has 3 rings (SSSR count). The number of aliphatic carboxylic acids is 1. The van der Waals surface area contributed by atoms with Crippen molar-refractivity contribution in [3.63, 3.8) is 0 Å². The normalized spacial score (nSPS) is 14.4. The van der Waals surface area contributed by atoms with Gasteiger partial charge in [0.25, 0.3) is 5.91 Å². The summed E-state index contributed by atoms with van der Waals surface area (Å²) in [5, 5.41) is 22.5. The van der Waals surface area contributed by atoms with Crippen molar-refractivity contribution in [2.75, 3.05) is 39.4 Å². The van der Waals surface area contributed by atoms with Gasteiger partial charge in [-0.15, -0.1) is 5.06 Å². The molecule has 2 heterocycles. The number of hydrogen-bond acceptors (Lipinski definition) is 9. The largest absolute Gasteiger partial charge is 0.527 e. The summed E-state index contributed by atoms with van der Waals surface area (Å²) in [7, 11) is 0. The van der Waals surface area contributed by atoms with Crippen LogP contribution in [0.5, 0.6) is 0 Å². The van der Waals surface area contributed by atoms with Crippen molar-refractivity contribution in [3.8, 4) is 11.3 Å². The summed E-state index contributed by atoms with van der Waals surface area (Å²) in [6.07, 6.45) is -0.215. The van der Waals surface area contributed by atoms with Gasteiger partial charge >= 0.3 is 12.1 Å². The molecule has 0 aliphatic carbocycles. The van der Waals surface area contributed by atoms with Crippen molar-refractivity contribution in [2.24, 2.45) is 0 Å². The van der Waals surface area contributed by atoms with E-state index in [2.05, 4.69) is 10.3 Å². The molecule has 1 aliphatic heterocycles. The number of aliphatic hydroxyl groups excluding tert-OH is 1. The molecular weight excluding hydrogens is 508 g/mol. The lowest BCUT2D eigenvalue weighted by Crippen LogP contribution is -2.55. The average molecular weight is 543 g/mol. The maximum absolute atomic E-state index is 13.3. The zero-order valence-electron chi connectivity index (χ0n) is 21.9. The van der Waals surface area contributed by atoms with Crippen LogP contribution in [0.3, 0.4) is 0 Å². The van der Waals surface area contributed by atoms with E-state index in [0.29, 0.717) is 18.5 Å². The van der Waals surface area contributed by atoms with Crippen molar-refractivity contribution in [2.45, 2.75) is 38.6 Å². The summed E-state index contributed by atoms with van der Waals surface area (Å²) >= 11 is 0. The quantitative estimate of drug-likeness (QED) is 0.338.